The molecule has 0 unspecified atom stereocenters. The molecular formula is C15H14ClN3O2. The molecule has 0 saturated carbocycles. The topological polar surface area (TPSA) is 71.1 Å². The van der Waals surface area contributed by atoms with Gasteiger partial charge in [0.05, 0.1) is 17.1 Å². The van der Waals surface area contributed by atoms with Crippen LogP contribution < -0.4 is 10.6 Å². The summed E-state index contributed by atoms with van der Waals surface area (Å²) in [4.78, 5) is 27.5. The van der Waals surface area contributed by atoms with Crippen molar-refractivity contribution in [3.8, 4) is 0 Å². The number of amides is 2. The summed E-state index contributed by atoms with van der Waals surface area (Å²) in [6.45, 7) is 0.263. The van der Waals surface area contributed by atoms with Gasteiger partial charge in [0.1, 0.15) is 0 Å². The van der Waals surface area contributed by atoms with E-state index in [9.17, 15) is 9.59 Å². The van der Waals surface area contributed by atoms with Crippen LogP contribution in [0.5, 0.6) is 0 Å². The maximum absolute atomic E-state index is 11.9. The first-order chi connectivity index (χ1) is 10.2. The lowest BCUT2D eigenvalue weighted by atomic mass is 10.2. The van der Waals surface area contributed by atoms with Crippen molar-refractivity contribution in [3.63, 3.8) is 0 Å². The Morgan fingerprint density at radius 3 is 2.62 bits per heavy atom. The second-order valence-electron chi connectivity index (χ2n) is 4.30. The largest absolute Gasteiger partial charge is 0.350 e. The molecule has 108 valence electrons. The second kappa shape index (κ2) is 7.40. The lowest BCUT2D eigenvalue weighted by Gasteiger charge is -2.07. The van der Waals surface area contributed by atoms with Gasteiger partial charge in [0, 0.05) is 18.9 Å². The highest BCUT2D eigenvalue weighted by molar-refractivity contribution is 6.33. The molecule has 0 radical (unpaired) electrons. The van der Waals surface area contributed by atoms with E-state index in [1.807, 2.05) is 6.07 Å². The summed E-state index contributed by atoms with van der Waals surface area (Å²) in [6.07, 6.45) is 3.33. The van der Waals surface area contributed by atoms with E-state index in [0.717, 1.165) is 5.56 Å². The van der Waals surface area contributed by atoms with Gasteiger partial charge in [-0.3, -0.25) is 14.6 Å². The Hall–Kier alpha value is -2.40. The van der Waals surface area contributed by atoms with Gasteiger partial charge in [-0.05, 0) is 23.8 Å². The minimum Gasteiger partial charge on any atom is -0.350 e. The van der Waals surface area contributed by atoms with E-state index < -0.39 is 0 Å². The standard InChI is InChI=1S/C15H14ClN3O2/c16-13-6-2-1-5-12(13)15(21)19-10-14(20)18-9-11-4-3-7-17-8-11/h1-8H,9-10H2,(H,18,20)(H,19,21). The fourth-order valence-electron chi connectivity index (χ4n) is 1.67. The molecule has 0 saturated heterocycles. The van der Waals surface area contributed by atoms with Crippen LogP contribution in [0.25, 0.3) is 0 Å². The van der Waals surface area contributed by atoms with Crippen LogP contribution in [0.1, 0.15) is 15.9 Å². The van der Waals surface area contributed by atoms with Gasteiger partial charge >= 0.3 is 0 Å². The van der Waals surface area contributed by atoms with Gasteiger partial charge in [0.15, 0.2) is 0 Å². The predicted molar refractivity (Wildman–Crippen MR) is 79.9 cm³/mol. The van der Waals surface area contributed by atoms with Gasteiger partial charge < -0.3 is 10.6 Å². The number of halogens is 1. The van der Waals surface area contributed by atoms with Crippen LogP contribution in [0.4, 0.5) is 0 Å². The molecule has 0 spiro atoms. The highest BCUT2D eigenvalue weighted by Gasteiger charge is 2.10. The first-order valence-electron chi connectivity index (χ1n) is 6.35. The summed E-state index contributed by atoms with van der Waals surface area (Å²) in [7, 11) is 0. The summed E-state index contributed by atoms with van der Waals surface area (Å²) in [6, 6.07) is 10.3. The minimum atomic E-state index is -0.378. The molecule has 2 amide bonds. The number of carbonyl (C=O) groups excluding carboxylic acids is 2. The number of rotatable bonds is 5. The molecule has 1 aromatic heterocycles. The Labute approximate surface area is 127 Å². The zero-order valence-electron chi connectivity index (χ0n) is 11.2. The molecule has 6 heteroatoms. The van der Waals surface area contributed by atoms with Crippen LogP contribution in [-0.2, 0) is 11.3 Å². The first-order valence-corrected chi connectivity index (χ1v) is 6.73. The lowest BCUT2D eigenvalue weighted by molar-refractivity contribution is -0.120. The average molecular weight is 304 g/mol. The molecule has 21 heavy (non-hydrogen) atoms. The van der Waals surface area contributed by atoms with Gasteiger partial charge in [-0.1, -0.05) is 29.8 Å². The van der Waals surface area contributed by atoms with Crippen molar-refractivity contribution in [2.24, 2.45) is 0 Å². The molecule has 2 rings (SSSR count). The number of hydrogen-bond donors (Lipinski definition) is 2. The monoisotopic (exact) mass is 303 g/mol. The maximum atomic E-state index is 11.9. The highest BCUT2D eigenvalue weighted by atomic mass is 35.5. The average Bonchev–Trinajstić information content (AvgIpc) is 2.52. The molecular weight excluding hydrogens is 290 g/mol. The number of nitrogens with one attached hydrogen (secondary N) is 2. The predicted octanol–water partition coefficient (Wildman–Crippen LogP) is 1.78. The van der Waals surface area contributed by atoms with Crippen molar-refractivity contribution in [2.75, 3.05) is 6.54 Å². The smallest absolute Gasteiger partial charge is 0.253 e. The van der Waals surface area contributed by atoms with E-state index in [0.29, 0.717) is 17.1 Å². The molecule has 1 aromatic carbocycles. The molecule has 1 heterocycles. The molecule has 0 bridgehead atoms. The Bertz CT molecular complexity index is 632. The fourth-order valence-corrected chi connectivity index (χ4v) is 1.89. The summed E-state index contributed by atoms with van der Waals surface area (Å²) in [5.41, 5.74) is 1.24. The van der Waals surface area contributed by atoms with Gasteiger partial charge in [-0.2, -0.15) is 0 Å². The third-order valence-corrected chi connectivity index (χ3v) is 3.07. The number of carbonyl (C=O) groups is 2. The van der Waals surface area contributed by atoms with E-state index in [-0.39, 0.29) is 18.4 Å². The van der Waals surface area contributed by atoms with Gasteiger partial charge in [-0.15, -0.1) is 0 Å². The summed E-state index contributed by atoms with van der Waals surface area (Å²) in [5.74, 6) is -0.656. The molecule has 0 aliphatic heterocycles. The third-order valence-electron chi connectivity index (χ3n) is 2.74. The SMILES string of the molecule is O=C(CNC(=O)c1ccccc1Cl)NCc1cccnc1. The fraction of sp³-hybridized carbons (Fsp3) is 0.133. The summed E-state index contributed by atoms with van der Waals surface area (Å²) >= 11 is 5.91. The second-order valence-corrected chi connectivity index (χ2v) is 4.71. The normalized spacial score (nSPS) is 9.95. The first kappa shape index (κ1) is 15.0. The number of aromatic nitrogens is 1. The van der Waals surface area contributed by atoms with Gasteiger partial charge in [0.25, 0.3) is 5.91 Å². The lowest BCUT2D eigenvalue weighted by Crippen LogP contribution is -2.36. The maximum Gasteiger partial charge on any atom is 0.253 e. The Morgan fingerprint density at radius 1 is 1.10 bits per heavy atom. The molecule has 0 atom stereocenters. The molecule has 5 nitrogen and oxygen atoms in total. The number of pyridine rings is 1. The van der Waals surface area contributed by atoms with Crippen molar-refractivity contribution in [1.29, 1.82) is 0 Å². The Kier molecular flexibility index (Phi) is 5.29. The van der Waals surface area contributed by atoms with E-state index in [4.69, 9.17) is 11.6 Å². The van der Waals surface area contributed by atoms with E-state index >= 15 is 0 Å². The van der Waals surface area contributed by atoms with Crippen molar-refractivity contribution in [1.82, 2.24) is 15.6 Å². The number of benzene rings is 1. The Balaban J connectivity index is 1.79. The summed E-state index contributed by atoms with van der Waals surface area (Å²) < 4.78 is 0. The van der Waals surface area contributed by atoms with Crippen LogP contribution in [0.2, 0.25) is 5.02 Å². The van der Waals surface area contributed by atoms with E-state index in [2.05, 4.69) is 15.6 Å². The van der Waals surface area contributed by atoms with E-state index in [1.165, 1.54) is 0 Å². The Morgan fingerprint density at radius 2 is 1.90 bits per heavy atom. The van der Waals surface area contributed by atoms with Gasteiger partial charge in [-0.25, -0.2) is 0 Å². The highest BCUT2D eigenvalue weighted by Crippen LogP contribution is 2.14. The van der Waals surface area contributed by atoms with Crippen molar-refractivity contribution >= 4 is 23.4 Å². The molecule has 0 aliphatic carbocycles. The number of nitrogens with zero attached hydrogens (tertiary/aromatic N) is 1. The zero-order chi connectivity index (χ0) is 15.1. The zero-order valence-corrected chi connectivity index (χ0v) is 11.9. The van der Waals surface area contributed by atoms with Crippen LogP contribution in [-0.4, -0.2) is 23.3 Å². The third kappa shape index (κ3) is 4.57. The van der Waals surface area contributed by atoms with E-state index in [1.54, 1.807) is 42.7 Å². The molecule has 0 aliphatic rings. The molecule has 2 N–H and O–H groups in total. The summed E-state index contributed by atoms with van der Waals surface area (Å²) in [5, 5.41) is 5.57. The van der Waals surface area contributed by atoms with Crippen LogP contribution in [0, 0.1) is 0 Å². The molecule has 0 fully saturated rings. The quantitative estimate of drug-likeness (QED) is 0.884. The van der Waals surface area contributed by atoms with Crippen LogP contribution in [0.15, 0.2) is 48.8 Å². The van der Waals surface area contributed by atoms with Crippen LogP contribution in [0.3, 0.4) is 0 Å². The minimum absolute atomic E-state index is 0.107. The van der Waals surface area contributed by atoms with Crippen molar-refractivity contribution < 1.29 is 9.59 Å². The van der Waals surface area contributed by atoms with Crippen LogP contribution >= 0.6 is 11.6 Å². The van der Waals surface area contributed by atoms with Gasteiger partial charge in [0.2, 0.25) is 5.91 Å². The number of hydrogen-bond acceptors (Lipinski definition) is 3. The van der Waals surface area contributed by atoms with Crippen molar-refractivity contribution in [3.05, 3.63) is 64.9 Å². The molecule has 2 aromatic rings. The van der Waals surface area contributed by atoms with Crippen molar-refractivity contribution in [2.45, 2.75) is 6.54 Å².